The topological polar surface area (TPSA) is 68.5 Å². The predicted molar refractivity (Wildman–Crippen MR) is 99.5 cm³/mol. The van der Waals surface area contributed by atoms with Crippen LogP contribution in [-0.4, -0.2) is 18.8 Å². The van der Waals surface area contributed by atoms with E-state index in [1.807, 2.05) is 24.3 Å². The molecule has 0 spiro atoms. The maximum atomic E-state index is 12.2. The van der Waals surface area contributed by atoms with Crippen molar-refractivity contribution in [1.82, 2.24) is 0 Å². The van der Waals surface area contributed by atoms with Crippen molar-refractivity contribution in [3.8, 4) is 5.75 Å². The van der Waals surface area contributed by atoms with E-state index in [1.165, 1.54) is 12.3 Å². The van der Waals surface area contributed by atoms with E-state index in [4.69, 9.17) is 9.15 Å². The molecule has 0 aliphatic rings. The average molecular weight is 347 g/mol. The van der Waals surface area contributed by atoms with Crippen molar-refractivity contribution in [3.63, 3.8) is 0 Å². The molecule has 0 saturated heterocycles. The van der Waals surface area contributed by atoms with Crippen LogP contribution in [0.2, 0.25) is 0 Å². The van der Waals surface area contributed by atoms with E-state index < -0.39 is 0 Å². The molecule has 0 aliphatic heterocycles. The fourth-order valence-corrected chi connectivity index (χ4v) is 2.30. The summed E-state index contributed by atoms with van der Waals surface area (Å²) in [6.45, 7) is 0. The molecule has 26 heavy (non-hydrogen) atoms. The number of ether oxygens (including phenoxy) is 1. The van der Waals surface area contributed by atoms with Gasteiger partial charge in [0, 0.05) is 11.3 Å². The van der Waals surface area contributed by atoms with Crippen molar-refractivity contribution < 1.29 is 18.7 Å². The lowest BCUT2D eigenvalue weighted by molar-refractivity contribution is 0.0996. The van der Waals surface area contributed by atoms with E-state index in [1.54, 1.807) is 49.6 Å². The number of methoxy groups -OCH3 is 1. The van der Waals surface area contributed by atoms with E-state index in [-0.39, 0.29) is 17.5 Å². The molecule has 5 heteroatoms. The summed E-state index contributed by atoms with van der Waals surface area (Å²) in [6.07, 6.45) is 4.69. The van der Waals surface area contributed by atoms with Gasteiger partial charge < -0.3 is 14.5 Å². The second-order valence-electron chi connectivity index (χ2n) is 5.48. The Bertz CT molecular complexity index is 908. The first-order valence-electron chi connectivity index (χ1n) is 7.97. The second kappa shape index (κ2) is 7.98. The monoisotopic (exact) mass is 347 g/mol. The average Bonchev–Trinajstić information content (AvgIpc) is 3.22. The molecule has 130 valence electrons. The van der Waals surface area contributed by atoms with Crippen LogP contribution in [0, 0.1) is 0 Å². The highest BCUT2D eigenvalue weighted by molar-refractivity contribution is 6.07. The van der Waals surface area contributed by atoms with Gasteiger partial charge in [0.25, 0.3) is 5.91 Å². The first-order chi connectivity index (χ1) is 12.7. The van der Waals surface area contributed by atoms with E-state index in [2.05, 4.69) is 5.32 Å². The highest BCUT2D eigenvalue weighted by Crippen LogP contribution is 2.15. The van der Waals surface area contributed by atoms with Crippen LogP contribution in [-0.2, 0) is 0 Å². The molecule has 0 atom stereocenters. The summed E-state index contributed by atoms with van der Waals surface area (Å²) in [5.41, 5.74) is 2.02. The van der Waals surface area contributed by atoms with Gasteiger partial charge in [0.2, 0.25) is 0 Å². The molecular formula is C21H17NO4. The molecule has 3 rings (SSSR count). The van der Waals surface area contributed by atoms with Crippen LogP contribution in [0.25, 0.3) is 6.08 Å². The van der Waals surface area contributed by atoms with Crippen LogP contribution < -0.4 is 10.1 Å². The highest BCUT2D eigenvalue weighted by Gasteiger charge is 2.09. The molecule has 1 N–H and O–H groups in total. The molecule has 0 aliphatic carbocycles. The Hall–Kier alpha value is -3.60. The molecule has 0 unspecified atom stereocenters. The van der Waals surface area contributed by atoms with Crippen molar-refractivity contribution in [3.05, 3.63) is 89.9 Å². The fraction of sp³-hybridized carbons (Fsp3) is 0.0476. The molecule has 2 aromatic carbocycles. The van der Waals surface area contributed by atoms with Crippen LogP contribution in [0.3, 0.4) is 0 Å². The molecule has 3 aromatic rings. The van der Waals surface area contributed by atoms with E-state index >= 15 is 0 Å². The molecule has 0 radical (unpaired) electrons. The van der Waals surface area contributed by atoms with Gasteiger partial charge in [0.1, 0.15) is 5.75 Å². The zero-order chi connectivity index (χ0) is 18.4. The summed E-state index contributed by atoms with van der Waals surface area (Å²) >= 11 is 0. The van der Waals surface area contributed by atoms with Gasteiger partial charge >= 0.3 is 0 Å². The quantitative estimate of drug-likeness (QED) is 0.529. The highest BCUT2D eigenvalue weighted by atomic mass is 16.5. The van der Waals surface area contributed by atoms with Gasteiger partial charge in [0.15, 0.2) is 11.5 Å². The summed E-state index contributed by atoms with van der Waals surface area (Å²) in [5.74, 6) is 0.534. The Balaban J connectivity index is 1.62. The number of carbonyl (C=O) groups is 2. The number of ketones is 1. The van der Waals surface area contributed by atoms with Crippen LogP contribution in [0.15, 0.2) is 77.4 Å². The standard InChI is InChI=1S/C21H17NO4/c1-25-18-11-4-15(5-12-18)6-13-19(23)16-7-9-17(10-8-16)22-21(24)20-3-2-14-26-20/h2-14H,1H3,(H,22,24). The Kier molecular flexibility index (Phi) is 5.29. The number of furan rings is 1. The van der Waals surface area contributed by atoms with Gasteiger partial charge in [-0.1, -0.05) is 18.2 Å². The lowest BCUT2D eigenvalue weighted by atomic mass is 10.1. The van der Waals surface area contributed by atoms with Crippen LogP contribution >= 0.6 is 0 Å². The predicted octanol–water partition coefficient (Wildman–Crippen LogP) is 4.44. The number of allylic oxidation sites excluding steroid dienone is 1. The smallest absolute Gasteiger partial charge is 0.291 e. The van der Waals surface area contributed by atoms with Gasteiger partial charge in [-0.25, -0.2) is 0 Å². The number of rotatable bonds is 6. The molecule has 5 nitrogen and oxygen atoms in total. The Morgan fingerprint density at radius 1 is 1.00 bits per heavy atom. The summed E-state index contributed by atoms with van der Waals surface area (Å²) < 4.78 is 10.1. The summed E-state index contributed by atoms with van der Waals surface area (Å²) in [5, 5.41) is 2.71. The molecule has 1 amide bonds. The zero-order valence-electron chi connectivity index (χ0n) is 14.1. The summed E-state index contributed by atoms with van der Waals surface area (Å²) in [6, 6.07) is 17.3. The van der Waals surface area contributed by atoms with Gasteiger partial charge in [-0.05, 0) is 60.2 Å². The SMILES string of the molecule is COc1ccc(C=CC(=O)c2ccc(NC(=O)c3ccco3)cc2)cc1. The van der Waals surface area contributed by atoms with Gasteiger partial charge in [-0.15, -0.1) is 0 Å². The largest absolute Gasteiger partial charge is 0.497 e. The number of nitrogens with one attached hydrogen (secondary N) is 1. The van der Waals surface area contributed by atoms with Crippen LogP contribution in [0.1, 0.15) is 26.5 Å². The first-order valence-corrected chi connectivity index (χ1v) is 7.97. The lowest BCUT2D eigenvalue weighted by Gasteiger charge is -2.04. The van der Waals surface area contributed by atoms with Crippen molar-refractivity contribution in [2.24, 2.45) is 0 Å². The first kappa shape index (κ1) is 17.2. The van der Waals surface area contributed by atoms with Gasteiger partial charge in [-0.3, -0.25) is 9.59 Å². The van der Waals surface area contributed by atoms with Crippen molar-refractivity contribution in [2.75, 3.05) is 12.4 Å². The van der Waals surface area contributed by atoms with Crippen molar-refractivity contribution >= 4 is 23.5 Å². The number of benzene rings is 2. The van der Waals surface area contributed by atoms with E-state index in [0.29, 0.717) is 11.3 Å². The maximum absolute atomic E-state index is 12.2. The second-order valence-corrected chi connectivity index (χ2v) is 5.48. The third-order valence-electron chi connectivity index (χ3n) is 3.72. The molecule has 0 bridgehead atoms. The maximum Gasteiger partial charge on any atom is 0.291 e. The number of hydrogen-bond donors (Lipinski definition) is 1. The van der Waals surface area contributed by atoms with E-state index in [0.717, 1.165) is 11.3 Å². The minimum Gasteiger partial charge on any atom is -0.497 e. The molecule has 0 saturated carbocycles. The molecule has 1 heterocycles. The van der Waals surface area contributed by atoms with E-state index in [9.17, 15) is 9.59 Å². The third-order valence-corrected chi connectivity index (χ3v) is 3.72. The Labute approximate surface area is 150 Å². The van der Waals surface area contributed by atoms with Crippen LogP contribution in [0.4, 0.5) is 5.69 Å². The minimum absolute atomic E-state index is 0.121. The number of hydrogen-bond acceptors (Lipinski definition) is 4. The van der Waals surface area contributed by atoms with Gasteiger partial charge in [-0.2, -0.15) is 0 Å². The normalized spacial score (nSPS) is 10.7. The van der Waals surface area contributed by atoms with Crippen molar-refractivity contribution in [2.45, 2.75) is 0 Å². The third kappa shape index (κ3) is 4.27. The molecule has 0 fully saturated rings. The van der Waals surface area contributed by atoms with Crippen molar-refractivity contribution in [1.29, 1.82) is 0 Å². The van der Waals surface area contributed by atoms with Gasteiger partial charge in [0.05, 0.1) is 13.4 Å². The number of anilines is 1. The lowest BCUT2D eigenvalue weighted by Crippen LogP contribution is -2.10. The molecule has 1 aromatic heterocycles. The minimum atomic E-state index is -0.339. The number of amides is 1. The Morgan fingerprint density at radius 2 is 1.73 bits per heavy atom. The van der Waals surface area contributed by atoms with Crippen LogP contribution in [0.5, 0.6) is 5.75 Å². The number of carbonyl (C=O) groups excluding carboxylic acids is 2. The summed E-state index contributed by atoms with van der Waals surface area (Å²) in [7, 11) is 1.61. The summed E-state index contributed by atoms with van der Waals surface area (Å²) in [4.78, 5) is 24.2. The fourth-order valence-electron chi connectivity index (χ4n) is 2.30. The Morgan fingerprint density at radius 3 is 2.35 bits per heavy atom. The zero-order valence-corrected chi connectivity index (χ0v) is 14.1. The molecular weight excluding hydrogens is 330 g/mol.